The molecule has 5 heteroatoms. The largest absolute Gasteiger partial charge is 0.508 e. The predicted molar refractivity (Wildman–Crippen MR) is 96.2 cm³/mol. The first-order chi connectivity index (χ1) is 11.6. The number of carbonyl (C=O) groups is 1. The van der Waals surface area contributed by atoms with E-state index in [1.165, 1.54) is 0 Å². The molecule has 0 aliphatic heterocycles. The molecule has 0 fully saturated rings. The van der Waals surface area contributed by atoms with Crippen LogP contribution in [0.25, 0.3) is 11.1 Å². The van der Waals surface area contributed by atoms with Crippen molar-refractivity contribution >= 4 is 17.2 Å². The number of rotatable bonds is 4. The highest BCUT2D eigenvalue weighted by molar-refractivity contribution is 7.09. The van der Waals surface area contributed by atoms with Crippen LogP contribution in [0.3, 0.4) is 0 Å². The van der Waals surface area contributed by atoms with E-state index in [2.05, 4.69) is 4.98 Å². The van der Waals surface area contributed by atoms with E-state index in [4.69, 9.17) is 0 Å². The van der Waals surface area contributed by atoms with Gasteiger partial charge in [0.25, 0.3) is 5.91 Å². The topological polar surface area (TPSA) is 53.4 Å². The Hall–Kier alpha value is -2.66. The lowest BCUT2D eigenvalue weighted by atomic mass is 10.0. The van der Waals surface area contributed by atoms with Crippen LogP contribution in [0.1, 0.15) is 28.3 Å². The highest BCUT2D eigenvalue weighted by Crippen LogP contribution is 2.26. The van der Waals surface area contributed by atoms with Crippen LogP contribution in [0.15, 0.2) is 60.1 Å². The first-order valence-corrected chi connectivity index (χ1v) is 8.50. The molecule has 1 N–H and O–H groups in total. The summed E-state index contributed by atoms with van der Waals surface area (Å²) in [5, 5.41) is 12.2. The molecule has 0 bridgehead atoms. The average Bonchev–Trinajstić information content (AvgIpc) is 3.15. The van der Waals surface area contributed by atoms with Gasteiger partial charge in [0.2, 0.25) is 0 Å². The highest BCUT2D eigenvalue weighted by atomic mass is 32.1. The normalized spacial score (nSPS) is 11.9. The van der Waals surface area contributed by atoms with Crippen LogP contribution in [-0.4, -0.2) is 27.9 Å². The number of aromatic nitrogens is 1. The third-order valence-corrected chi connectivity index (χ3v) is 4.97. The van der Waals surface area contributed by atoms with E-state index in [9.17, 15) is 9.90 Å². The van der Waals surface area contributed by atoms with Crippen molar-refractivity contribution < 1.29 is 9.90 Å². The smallest absolute Gasteiger partial charge is 0.254 e. The van der Waals surface area contributed by atoms with E-state index in [-0.39, 0.29) is 17.7 Å². The number of benzene rings is 2. The number of aromatic hydroxyl groups is 1. The van der Waals surface area contributed by atoms with Gasteiger partial charge in [-0.15, -0.1) is 11.3 Å². The molecule has 24 heavy (non-hydrogen) atoms. The van der Waals surface area contributed by atoms with Crippen LogP contribution in [0, 0.1) is 0 Å². The Kier molecular flexibility index (Phi) is 4.62. The van der Waals surface area contributed by atoms with Crippen molar-refractivity contribution in [3.8, 4) is 16.9 Å². The zero-order valence-corrected chi connectivity index (χ0v) is 14.3. The molecule has 1 atom stereocenters. The lowest BCUT2D eigenvalue weighted by Crippen LogP contribution is -2.29. The SMILES string of the molecule is C[C@@H](c1nccs1)N(C)C(=O)c1cccc(-c2ccc(O)cc2)c1. The lowest BCUT2D eigenvalue weighted by Gasteiger charge is -2.23. The van der Waals surface area contributed by atoms with E-state index in [0.29, 0.717) is 5.56 Å². The number of phenolic OH excluding ortho intramolecular Hbond substituents is 1. The monoisotopic (exact) mass is 338 g/mol. The molecule has 1 aromatic heterocycles. The number of amides is 1. The number of thiazole rings is 1. The Balaban J connectivity index is 1.85. The zero-order chi connectivity index (χ0) is 17.1. The molecule has 4 nitrogen and oxygen atoms in total. The van der Waals surface area contributed by atoms with Gasteiger partial charge in [-0.1, -0.05) is 24.3 Å². The molecule has 1 amide bonds. The summed E-state index contributed by atoms with van der Waals surface area (Å²) in [6, 6.07) is 14.4. The Labute approximate surface area is 145 Å². The molecule has 2 aromatic carbocycles. The van der Waals surface area contributed by atoms with E-state index < -0.39 is 0 Å². The van der Waals surface area contributed by atoms with Gasteiger partial charge in [0.1, 0.15) is 10.8 Å². The van der Waals surface area contributed by atoms with Crippen molar-refractivity contribution in [3.05, 3.63) is 70.7 Å². The van der Waals surface area contributed by atoms with Crippen LogP contribution < -0.4 is 0 Å². The summed E-state index contributed by atoms with van der Waals surface area (Å²) in [7, 11) is 1.79. The number of carbonyl (C=O) groups excluding carboxylic acids is 1. The van der Waals surface area contributed by atoms with Crippen molar-refractivity contribution in [1.82, 2.24) is 9.88 Å². The van der Waals surface area contributed by atoms with Crippen molar-refractivity contribution in [1.29, 1.82) is 0 Å². The van der Waals surface area contributed by atoms with Crippen LogP contribution >= 0.6 is 11.3 Å². The third kappa shape index (κ3) is 3.31. The molecule has 0 saturated carbocycles. The molecular formula is C19H18N2O2S. The van der Waals surface area contributed by atoms with Gasteiger partial charge in [-0.3, -0.25) is 4.79 Å². The molecule has 3 aromatic rings. The summed E-state index contributed by atoms with van der Waals surface area (Å²) in [6.07, 6.45) is 1.75. The minimum Gasteiger partial charge on any atom is -0.508 e. The van der Waals surface area contributed by atoms with Crippen molar-refractivity contribution in [2.45, 2.75) is 13.0 Å². The quantitative estimate of drug-likeness (QED) is 0.769. The molecule has 3 rings (SSSR count). The molecule has 0 radical (unpaired) electrons. The molecule has 0 unspecified atom stereocenters. The Morgan fingerprint density at radius 3 is 2.58 bits per heavy atom. The van der Waals surface area contributed by atoms with E-state index in [0.717, 1.165) is 16.1 Å². The molecule has 0 saturated heterocycles. The van der Waals surface area contributed by atoms with Crippen LogP contribution in [0.2, 0.25) is 0 Å². The first-order valence-electron chi connectivity index (χ1n) is 7.62. The summed E-state index contributed by atoms with van der Waals surface area (Å²) in [4.78, 5) is 18.8. The Morgan fingerprint density at radius 1 is 1.17 bits per heavy atom. The molecule has 0 spiro atoms. The molecule has 0 aliphatic rings. The van der Waals surface area contributed by atoms with E-state index in [1.807, 2.05) is 48.7 Å². The third-order valence-electron chi connectivity index (χ3n) is 4.02. The minimum absolute atomic E-state index is 0.0432. The second-order valence-corrected chi connectivity index (χ2v) is 6.52. The zero-order valence-electron chi connectivity index (χ0n) is 13.5. The minimum atomic E-state index is -0.0742. The van der Waals surface area contributed by atoms with Gasteiger partial charge in [-0.2, -0.15) is 0 Å². The lowest BCUT2D eigenvalue weighted by molar-refractivity contribution is 0.0742. The van der Waals surface area contributed by atoms with Crippen molar-refractivity contribution in [3.63, 3.8) is 0 Å². The standard InChI is InChI=1S/C19H18N2O2S/c1-13(18-20-10-11-24-18)21(2)19(23)16-5-3-4-15(12-16)14-6-8-17(22)9-7-14/h3-13,22H,1-2H3/t13-/m0/s1. The summed E-state index contributed by atoms with van der Waals surface area (Å²) in [5.74, 6) is 0.182. The van der Waals surface area contributed by atoms with E-state index >= 15 is 0 Å². The fourth-order valence-electron chi connectivity index (χ4n) is 2.47. The van der Waals surface area contributed by atoms with Gasteiger partial charge in [-0.05, 0) is 42.3 Å². The highest BCUT2D eigenvalue weighted by Gasteiger charge is 2.20. The van der Waals surface area contributed by atoms with Gasteiger partial charge in [0.05, 0.1) is 6.04 Å². The van der Waals surface area contributed by atoms with Crippen LogP contribution in [0.5, 0.6) is 5.75 Å². The number of hydrogen-bond donors (Lipinski definition) is 1. The summed E-state index contributed by atoms with van der Waals surface area (Å²) >= 11 is 1.54. The fourth-order valence-corrected chi connectivity index (χ4v) is 3.21. The summed E-state index contributed by atoms with van der Waals surface area (Å²) in [6.45, 7) is 1.97. The second kappa shape index (κ2) is 6.84. The molecule has 1 heterocycles. The van der Waals surface area contributed by atoms with Crippen LogP contribution in [-0.2, 0) is 0 Å². The second-order valence-electron chi connectivity index (χ2n) is 5.59. The van der Waals surface area contributed by atoms with Gasteiger partial charge in [0.15, 0.2) is 0 Å². The maximum atomic E-state index is 12.8. The average molecular weight is 338 g/mol. The number of hydrogen-bond acceptors (Lipinski definition) is 4. The molecular weight excluding hydrogens is 320 g/mol. The molecule has 0 aliphatic carbocycles. The van der Waals surface area contributed by atoms with Crippen molar-refractivity contribution in [2.75, 3.05) is 7.05 Å². The van der Waals surface area contributed by atoms with Gasteiger partial charge >= 0.3 is 0 Å². The maximum Gasteiger partial charge on any atom is 0.254 e. The fraction of sp³-hybridized carbons (Fsp3) is 0.158. The van der Waals surface area contributed by atoms with Crippen LogP contribution in [0.4, 0.5) is 0 Å². The maximum absolute atomic E-state index is 12.8. The number of phenols is 1. The number of nitrogens with zero attached hydrogens (tertiary/aromatic N) is 2. The van der Waals surface area contributed by atoms with E-state index in [1.54, 1.807) is 41.6 Å². The first kappa shape index (κ1) is 16.2. The van der Waals surface area contributed by atoms with Gasteiger partial charge in [0, 0.05) is 24.2 Å². The molecule has 122 valence electrons. The van der Waals surface area contributed by atoms with Gasteiger partial charge < -0.3 is 10.0 Å². The summed E-state index contributed by atoms with van der Waals surface area (Å²) < 4.78 is 0. The van der Waals surface area contributed by atoms with Gasteiger partial charge in [-0.25, -0.2) is 4.98 Å². The summed E-state index contributed by atoms with van der Waals surface area (Å²) in [5.41, 5.74) is 2.53. The Morgan fingerprint density at radius 2 is 1.92 bits per heavy atom. The predicted octanol–water partition coefficient (Wildman–Crippen LogP) is 4.35. The Bertz CT molecular complexity index is 829. The van der Waals surface area contributed by atoms with Crippen molar-refractivity contribution in [2.24, 2.45) is 0 Å².